The third-order valence-corrected chi connectivity index (χ3v) is 4.91. The summed E-state index contributed by atoms with van der Waals surface area (Å²) in [5.74, 6) is -0.464. The number of alkyl halides is 1. The van der Waals surface area contributed by atoms with Gasteiger partial charge >= 0.3 is 0 Å². The number of thiophene rings is 1. The van der Waals surface area contributed by atoms with Crippen molar-refractivity contribution in [3.05, 3.63) is 55.4 Å². The number of hydrogen-bond donors (Lipinski definition) is 0. The first-order chi connectivity index (χ1) is 7.99. The second-order valence-electron chi connectivity index (χ2n) is 3.64. The summed E-state index contributed by atoms with van der Waals surface area (Å²) >= 11 is 19.3. The van der Waals surface area contributed by atoms with Gasteiger partial charge in [0, 0.05) is 4.88 Å². The van der Waals surface area contributed by atoms with E-state index in [2.05, 4.69) is 0 Å². The topological polar surface area (TPSA) is 0 Å². The van der Waals surface area contributed by atoms with Crippen LogP contribution in [0, 0.1) is 12.7 Å². The van der Waals surface area contributed by atoms with Gasteiger partial charge in [-0.2, -0.15) is 0 Å². The van der Waals surface area contributed by atoms with Gasteiger partial charge in [-0.1, -0.05) is 29.3 Å². The molecule has 2 rings (SSSR count). The van der Waals surface area contributed by atoms with Crippen LogP contribution in [0.5, 0.6) is 0 Å². The zero-order valence-electron chi connectivity index (χ0n) is 8.81. The number of aryl methyl sites for hydroxylation is 1. The summed E-state index contributed by atoms with van der Waals surface area (Å²) in [5.41, 5.74) is 1.65. The van der Waals surface area contributed by atoms with Gasteiger partial charge < -0.3 is 0 Å². The van der Waals surface area contributed by atoms with E-state index in [-0.39, 0.29) is 5.02 Å². The molecule has 0 N–H and O–H groups in total. The van der Waals surface area contributed by atoms with Crippen LogP contribution in [0.25, 0.3) is 0 Å². The Balaban J connectivity index is 2.36. The lowest BCUT2D eigenvalue weighted by Gasteiger charge is -2.08. The van der Waals surface area contributed by atoms with Gasteiger partial charge in [0.05, 0.1) is 14.7 Å². The monoisotopic (exact) mass is 308 g/mol. The Morgan fingerprint density at radius 2 is 1.94 bits per heavy atom. The molecule has 1 heterocycles. The van der Waals surface area contributed by atoms with Crippen molar-refractivity contribution in [2.24, 2.45) is 0 Å². The fraction of sp³-hybridized carbons (Fsp3) is 0.167. The van der Waals surface area contributed by atoms with Crippen molar-refractivity contribution in [3.8, 4) is 0 Å². The van der Waals surface area contributed by atoms with Crippen molar-refractivity contribution in [1.29, 1.82) is 0 Å². The van der Waals surface area contributed by atoms with Crippen molar-refractivity contribution in [1.82, 2.24) is 0 Å². The van der Waals surface area contributed by atoms with Gasteiger partial charge in [0.2, 0.25) is 0 Å². The molecule has 0 aliphatic carbocycles. The van der Waals surface area contributed by atoms with Crippen LogP contribution in [-0.2, 0) is 0 Å². The summed E-state index contributed by atoms with van der Waals surface area (Å²) in [6.45, 7) is 1.91. The second kappa shape index (κ2) is 5.15. The molecule has 0 fully saturated rings. The number of hydrogen-bond acceptors (Lipinski definition) is 1. The quantitative estimate of drug-likeness (QED) is 0.612. The number of benzene rings is 1. The van der Waals surface area contributed by atoms with Crippen LogP contribution in [0.15, 0.2) is 24.3 Å². The molecule has 1 aromatic heterocycles. The van der Waals surface area contributed by atoms with Crippen LogP contribution < -0.4 is 0 Å². The fourth-order valence-electron chi connectivity index (χ4n) is 1.44. The van der Waals surface area contributed by atoms with E-state index in [4.69, 9.17) is 34.8 Å². The first-order valence-electron chi connectivity index (χ1n) is 4.84. The molecule has 1 atom stereocenters. The van der Waals surface area contributed by atoms with Gasteiger partial charge in [-0.25, -0.2) is 4.39 Å². The Morgan fingerprint density at radius 3 is 2.47 bits per heavy atom. The molecule has 0 amide bonds. The minimum Gasteiger partial charge on any atom is -0.205 e. The third kappa shape index (κ3) is 2.76. The zero-order valence-corrected chi connectivity index (χ0v) is 11.9. The van der Waals surface area contributed by atoms with Crippen LogP contribution in [0.1, 0.15) is 21.4 Å². The molecule has 0 saturated carbocycles. The molecule has 0 aliphatic rings. The average Bonchev–Trinajstić information content (AvgIpc) is 2.62. The molecule has 5 heteroatoms. The van der Waals surface area contributed by atoms with Gasteiger partial charge in [-0.05, 0) is 36.2 Å². The maximum Gasteiger partial charge on any atom is 0.142 e. The van der Waals surface area contributed by atoms with E-state index >= 15 is 0 Å². The first-order valence-corrected chi connectivity index (χ1v) is 6.85. The van der Waals surface area contributed by atoms with Crippen LogP contribution in [0.3, 0.4) is 0 Å². The fourth-order valence-corrected chi connectivity index (χ4v) is 3.12. The number of halogens is 4. The SMILES string of the molecule is Cc1cc(C(Cl)c2ccc(Cl)c(F)c2)sc1Cl. The first kappa shape index (κ1) is 13.2. The summed E-state index contributed by atoms with van der Waals surface area (Å²) < 4.78 is 14.0. The van der Waals surface area contributed by atoms with Crippen LogP contribution >= 0.6 is 46.1 Å². The van der Waals surface area contributed by atoms with Gasteiger partial charge in [0.25, 0.3) is 0 Å². The molecule has 17 heavy (non-hydrogen) atoms. The lowest BCUT2D eigenvalue weighted by molar-refractivity contribution is 0.626. The summed E-state index contributed by atoms with van der Waals surface area (Å²) in [4.78, 5) is 0.899. The van der Waals surface area contributed by atoms with E-state index < -0.39 is 11.2 Å². The standard InChI is InChI=1S/C12H8Cl3FS/c1-6-4-10(17-12(6)15)11(14)7-2-3-8(13)9(16)5-7/h2-5,11H,1H3. The van der Waals surface area contributed by atoms with Crippen LogP contribution in [0.4, 0.5) is 4.39 Å². The largest absolute Gasteiger partial charge is 0.205 e. The van der Waals surface area contributed by atoms with Crippen LogP contribution in [0.2, 0.25) is 9.36 Å². The van der Waals surface area contributed by atoms with Crippen molar-refractivity contribution < 1.29 is 4.39 Å². The predicted molar refractivity (Wildman–Crippen MR) is 73.2 cm³/mol. The molecule has 0 spiro atoms. The average molecular weight is 310 g/mol. The Hall–Kier alpha value is -0.280. The summed E-state index contributed by atoms with van der Waals surface area (Å²) in [7, 11) is 0. The maximum absolute atomic E-state index is 13.3. The van der Waals surface area contributed by atoms with Gasteiger partial charge in [-0.15, -0.1) is 22.9 Å². The summed E-state index contributed by atoms with van der Waals surface area (Å²) in [6, 6.07) is 6.48. The lowest BCUT2D eigenvalue weighted by atomic mass is 10.1. The molecule has 0 nitrogen and oxygen atoms in total. The van der Waals surface area contributed by atoms with Crippen molar-refractivity contribution in [3.63, 3.8) is 0 Å². The molecular weight excluding hydrogens is 302 g/mol. The van der Waals surface area contributed by atoms with E-state index in [0.29, 0.717) is 9.90 Å². The smallest absolute Gasteiger partial charge is 0.142 e. The Kier molecular flexibility index (Phi) is 3.99. The van der Waals surface area contributed by atoms with E-state index in [1.54, 1.807) is 6.07 Å². The molecule has 1 aromatic carbocycles. The predicted octanol–water partition coefficient (Wildman–Crippen LogP) is 5.83. The Morgan fingerprint density at radius 1 is 1.24 bits per heavy atom. The minimum absolute atomic E-state index is 0.0954. The molecular formula is C12H8Cl3FS. The van der Waals surface area contributed by atoms with Crippen molar-refractivity contribution in [2.45, 2.75) is 12.3 Å². The van der Waals surface area contributed by atoms with Gasteiger partial charge in [0.1, 0.15) is 5.82 Å². The highest BCUT2D eigenvalue weighted by atomic mass is 35.5. The summed E-state index contributed by atoms with van der Waals surface area (Å²) in [6.07, 6.45) is 0. The van der Waals surface area contributed by atoms with E-state index in [9.17, 15) is 4.39 Å². The zero-order chi connectivity index (χ0) is 12.6. The van der Waals surface area contributed by atoms with E-state index in [1.807, 2.05) is 13.0 Å². The normalized spacial score (nSPS) is 12.8. The molecule has 2 aromatic rings. The van der Waals surface area contributed by atoms with Gasteiger partial charge in [-0.3, -0.25) is 0 Å². The van der Waals surface area contributed by atoms with Crippen molar-refractivity contribution >= 4 is 46.1 Å². The second-order valence-corrected chi connectivity index (χ2v) is 6.17. The van der Waals surface area contributed by atoms with E-state index in [1.165, 1.54) is 23.5 Å². The van der Waals surface area contributed by atoms with Crippen molar-refractivity contribution in [2.75, 3.05) is 0 Å². The highest BCUT2D eigenvalue weighted by molar-refractivity contribution is 7.16. The lowest BCUT2D eigenvalue weighted by Crippen LogP contribution is -1.91. The molecule has 0 saturated heterocycles. The van der Waals surface area contributed by atoms with E-state index in [0.717, 1.165) is 10.4 Å². The molecule has 0 bridgehead atoms. The highest BCUT2D eigenvalue weighted by Gasteiger charge is 2.16. The van der Waals surface area contributed by atoms with Gasteiger partial charge in [0.15, 0.2) is 0 Å². The molecule has 1 unspecified atom stereocenters. The Labute approximate surface area is 118 Å². The minimum atomic E-state index is -0.464. The highest BCUT2D eigenvalue weighted by Crippen LogP contribution is 2.38. The molecule has 0 radical (unpaired) electrons. The van der Waals surface area contributed by atoms with Crippen LogP contribution in [-0.4, -0.2) is 0 Å². The third-order valence-electron chi connectivity index (χ3n) is 2.36. The molecule has 90 valence electrons. The number of rotatable bonds is 2. The molecule has 0 aliphatic heterocycles. The maximum atomic E-state index is 13.3. The Bertz CT molecular complexity index is 531. The summed E-state index contributed by atoms with van der Waals surface area (Å²) in [5, 5.41) is -0.309.